The Morgan fingerprint density at radius 1 is 0.958 bits per heavy atom. The van der Waals surface area contributed by atoms with E-state index in [1.54, 1.807) is 12.4 Å². The van der Waals surface area contributed by atoms with Crippen LogP contribution in [0.15, 0.2) is 73.1 Å². The van der Waals surface area contributed by atoms with Gasteiger partial charge in [-0.05, 0) is 59.5 Å². The second kappa shape index (κ2) is 7.75. The average molecular weight is 337 g/mol. The normalized spacial score (nSPS) is 10.4. The van der Waals surface area contributed by atoms with E-state index in [0.29, 0.717) is 17.1 Å². The molecule has 0 aliphatic carbocycles. The summed E-state index contributed by atoms with van der Waals surface area (Å²) in [7, 11) is 0. The van der Waals surface area contributed by atoms with Crippen LogP contribution < -0.4 is 5.32 Å². The van der Waals surface area contributed by atoms with Gasteiger partial charge < -0.3 is 5.32 Å². The molecule has 24 heavy (non-hydrogen) atoms. The summed E-state index contributed by atoms with van der Waals surface area (Å²) in [5, 5.41) is 3.65. The Morgan fingerprint density at radius 2 is 1.67 bits per heavy atom. The van der Waals surface area contributed by atoms with Crippen LogP contribution in [0.25, 0.3) is 11.1 Å². The molecular formula is C20H17ClN2O. The van der Waals surface area contributed by atoms with Gasteiger partial charge in [-0.1, -0.05) is 35.9 Å². The molecule has 2 aromatic carbocycles. The van der Waals surface area contributed by atoms with E-state index < -0.39 is 0 Å². The second-order valence-corrected chi connectivity index (χ2v) is 5.89. The highest BCUT2D eigenvalue weighted by atomic mass is 35.5. The summed E-state index contributed by atoms with van der Waals surface area (Å²) >= 11 is 5.96. The fourth-order valence-corrected chi connectivity index (χ4v) is 2.69. The summed E-state index contributed by atoms with van der Waals surface area (Å²) in [6.07, 6.45) is 4.26. The number of carbonyl (C=O) groups excluding carboxylic acids is 1. The van der Waals surface area contributed by atoms with Gasteiger partial charge in [0.1, 0.15) is 0 Å². The highest BCUT2D eigenvalue weighted by molar-refractivity contribution is 6.30. The van der Waals surface area contributed by atoms with Crippen molar-refractivity contribution >= 4 is 17.5 Å². The Labute approximate surface area is 146 Å². The Morgan fingerprint density at radius 3 is 2.38 bits per heavy atom. The van der Waals surface area contributed by atoms with Crippen molar-refractivity contribution in [3.8, 4) is 11.1 Å². The number of halogens is 1. The molecule has 1 N–H and O–H groups in total. The lowest BCUT2D eigenvalue weighted by molar-refractivity contribution is 0.0954. The topological polar surface area (TPSA) is 42.0 Å². The van der Waals surface area contributed by atoms with Crippen molar-refractivity contribution in [3.63, 3.8) is 0 Å². The molecule has 0 saturated carbocycles. The van der Waals surface area contributed by atoms with Crippen LogP contribution >= 0.6 is 11.6 Å². The number of aromatic nitrogens is 1. The second-order valence-electron chi connectivity index (χ2n) is 5.45. The molecule has 1 heterocycles. The number of rotatable bonds is 5. The third-order valence-electron chi connectivity index (χ3n) is 3.75. The van der Waals surface area contributed by atoms with Gasteiger partial charge >= 0.3 is 0 Å². The van der Waals surface area contributed by atoms with E-state index in [2.05, 4.69) is 10.3 Å². The van der Waals surface area contributed by atoms with Crippen molar-refractivity contribution in [2.24, 2.45) is 0 Å². The van der Waals surface area contributed by atoms with Crippen LogP contribution in [0.3, 0.4) is 0 Å². The molecule has 0 atom stereocenters. The number of amides is 1. The molecule has 0 aliphatic rings. The molecule has 0 radical (unpaired) electrons. The van der Waals surface area contributed by atoms with Gasteiger partial charge in [0.25, 0.3) is 5.91 Å². The van der Waals surface area contributed by atoms with Crippen molar-refractivity contribution in [1.29, 1.82) is 0 Å². The lowest BCUT2D eigenvalue weighted by atomic mass is 10.0. The number of carbonyl (C=O) groups is 1. The van der Waals surface area contributed by atoms with E-state index >= 15 is 0 Å². The van der Waals surface area contributed by atoms with E-state index in [1.807, 2.05) is 60.7 Å². The first kappa shape index (κ1) is 16.2. The number of hydrogen-bond acceptors (Lipinski definition) is 2. The maximum Gasteiger partial charge on any atom is 0.251 e. The van der Waals surface area contributed by atoms with Crippen LogP contribution in [0.5, 0.6) is 0 Å². The van der Waals surface area contributed by atoms with Gasteiger partial charge in [-0.25, -0.2) is 0 Å². The van der Waals surface area contributed by atoms with Crippen molar-refractivity contribution in [3.05, 3.63) is 89.2 Å². The van der Waals surface area contributed by atoms with Gasteiger partial charge in [-0.15, -0.1) is 0 Å². The minimum Gasteiger partial charge on any atom is -0.352 e. The molecule has 0 spiro atoms. The van der Waals surface area contributed by atoms with Crippen molar-refractivity contribution in [2.75, 3.05) is 6.54 Å². The van der Waals surface area contributed by atoms with Gasteiger partial charge in [0, 0.05) is 29.5 Å². The summed E-state index contributed by atoms with van der Waals surface area (Å²) in [6.45, 7) is 0.575. The summed E-state index contributed by atoms with van der Waals surface area (Å²) < 4.78 is 0. The monoisotopic (exact) mass is 336 g/mol. The highest BCUT2D eigenvalue weighted by Gasteiger charge is 2.05. The SMILES string of the molecule is O=C(NCCc1cccc(Cl)c1)c1ccc(-c2ccncc2)cc1. The smallest absolute Gasteiger partial charge is 0.251 e. The molecule has 120 valence electrons. The van der Waals surface area contributed by atoms with E-state index in [-0.39, 0.29) is 5.91 Å². The lowest BCUT2D eigenvalue weighted by Gasteiger charge is -2.07. The van der Waals surface area contributed by atoms with E-state index in [9.17, 15) is 4.79 Å². The molecule has 0 fully saturated rings. The fraction of sp³-hybridized carbons (Fsp3) is 0.100. The number of nitrogens with zero attached hydrogens (tertiary/aromatic N) is 1. The zero-order chi connectivity index (χ0) is 16.8. The molecule has 0 aliphatic heterocycles. The van der Waals surface area contributed by atoms with Crippen molar-refractivity contribution in [1.82, 2.24) is 10.3 Å². The van der Waals surface area contributed by atoms with Crippen molar-refractivity contribution < 1.29 is 4.79 Å². The van der Waals surface area contributed by atoms with Crippen LogP contribution in [0, 0.1) is 0 Å². The number of pyridine rings is 1. The number of benzene rings is 2. The Bertz CT molecular complexity index is 817. The largest absolute Gasteiger partial charge is 0.352 e. The van der Waals surface area contributed by atoms with Gasteiger partial charge in [0.2, 0.25) is 0 Å². The van der Waals surface area contributed by atoms with Crippen LogP contribution in [0.2, 0.25) is 5.02 Å². The molecule has 3 rings (SSSR count). The van der Waals surface area contributed by atoms with E-state index in [1.165, 1.54) is 0 Å². The molecule has 3 aromatic rings. The predicted molar refractivity (Wildman–Crippen MR) is 97.2 cm³/mol. The van der Waals surface area contributed by atoms with Crippen LogP contribution in [-0.4, -0.2) is 17.4 Å². The van der Waals surface area contributed by atoms with Gasteiger partial charge in [-0.2, -0.15) is 0 Å². The Hall–Kier alpha value is -2.65. The molecule has 1 aromatic heterocycles. The Kier molecular flexibility index (Phi) is 5.24. The summed E-state index contributed by atoms with van der Waals surface area (Å²) in [6, 6.07) is 19.1. The molecule has 3 nitrogen and oxygen atoms in total. The van der Waals surface area contributed by atoms with Crippen LogP contribution in [-0.2, 0) is 6.42 Å². The van der Waals surface area contributed by atoms with Gasteiger partial charge in [0.05, 0.1) is 0 Å². The summed E-state index contributed by atoms with van der Waals surface area (Å²) in [5.41, 5.74) is 3.90. The molecule has 1 amide bonds. The molecule has 0 bridgehead atoms. The third-order valence-corrected chi connectivity index (χ3v) is 3.98. The minimum atomic E-state index is -0.0710. The quantitative estimate of drug-likeness (QED) is 0.751. The fourth-order valence-electron chi connectivity index (χ4n) is 2.47. The zero-order valence-corrected chi connectivity index (χ0v) is 13.8. The lowest BCUT2D eigenvalue weighted by Crippen LogP contribution is -2.25. The maximum absolute atomic E-state index is 12.2. The first-order valence-electron chi connectivity index (χ1n) is 7.75. The zero-order valence-electron chi connectivity index (χ0n) is 13.1. The first-order valence-corrected chi connectivity index (χ1v) is 8.13. The Balaban J connectivity index is 1.57. The van der Waals surface area contributed by atoms with Gasteiger partial charge in [-0.3, -0.25) is 9.78 Å². The number of nitrogens with one attached hydrogen (secondary N) is 1. The molecular weight excluding hydrogens is 320 g/mol. The van der Waals surface area contributed by atoms with Crippen LogP contribution in [0.1, 0.15) is 15.9 Å². The molecule has 0 saturated heterocycles. The third kappa shape index (κ3) is 4.21. The highest BCUT2D eigenvalue weighted by Crippen LogP contribution is 2.18. The molecule has 0 unspecified atom stereocenters. The first-order chi connectivity index (χ1) is 11.7. The standard InChI is InChI=1S/C20H17ClN2O/c21-19-3-1-2-15(14-19)8-13-23-20(24)18-6-4-16(5-7-18)17-9-11-22-12-10-17/h1-7,9-12,14H,8,13H2,(H,23,24). The predicted octanol–water partition coefficient (Wildman–Crippen LogP) is 4.37. The molecule has 4 heteroatoms. The van der Waals surface area contributed by atoms with E-state index in [0.717, 1.165) is 23.1 Å². The van der Waals surface area contributed by atoms with Gasteiger partial charge in [0.15, 0.2) is 0 Å². The minimum absolute atomic E-state index is 0.0710. The maximum atomic E-state index is 12.2. The van der Waals surface area contributed by atoms with E-state index in [4.69, 9.17) is 11.6 Å². The number of hydrogen-bond donors (Lipinski definition) is 1. The van der Waals surface area contributed by atoms with Crippen LogP contribution in [0.4, 0.5) is 0 Å². The van der Waals surface area contributed by atoms with Crippen molar-refractivity contribution in [2.45, 2.75) is 6.42 Å². The summed E-state index contributed by atoms with van der Waals surface area (Å²) in [5.74, 6) is -0.0710. The average Bonchev–Trinajstić information content (AvgIpc) is 2.63. The summed E-state index contributed by atoms with van der Waals surface area (Å²) in [4.78, 5) is 16.2.